The van der Waals surface area contributed by atoms with Crippen LogP contribution in [0.25, 0.3) is 0 Å². The summed E-state index contributed by atoms with van der Waals surface area (Å²) in [7, 11) is 0. The van der Waals surface area contributed by atoms with Gasteiger partial charge in [0.15, 0.2) is 5.84 Å². The molecule has 0 aromatic carbocycles. The quantitative estimate of drug-likeness (QED) is 0.349. The predicted octanol–water partition coefficient (Wildman–Crippen LogP) is 1.79. The maximum atomic E-state index is 12.6. The number of nitrogens with two attached hydrogens (primary N) is 1. The van der Waals surface area contributed by atoms with E-state index in [2.05, 4.69) is 5.16 Å². The second-order valence-electron chi connectivity index (χ2n) is 4.32. The van der Waals surface area contributed by atoms with Gasteiger partial charge in [0.05, 0.1) is 12.0 Å². The van der Waals surface area contributed by atoms with Crippen LogP contribution in [-0.2, 0) is 0 Å². The van der Waals surface area contributed by atoms with Gasteiger partial charge >= 0.3 is 6.18 Å². The van der Waals surface area contributed by atoms with Crippen molar-refractivity contribution in [2.75, 3.05) is 13.1 Å². The Bertz CT molecular complexity index is 280. The third-order valence-corrected chi connectivity index (χ3v) is 3.20. The number of piperidine rings is 1. The van der Waals surface area contributed by atoms with Crippen molar-refractivity contribution in [2.45, 2.75) is 38.4 Å². The van der Waals surface area contributed by atoms with E-state index in [1.54, 1.807) is 11.8 Å². The molecule has 1 aliphatic rings. The molecule has 17 heavy (non-hydrogen) atoms. The number of oxime groups is 1. The van der Waals surface area contributed by atoms with Crippen LogP contribution in [0.4, 0.5) is 13.2 Å². The van der Waals surface area contributed by atoms with Crippen LogP contribution in [-0.4, -0.2) is 41.3 Å². The van der Waals surface area contributed by atoms with E-state index < -0.39 is 18.1 Å². The molecule has 3 N–H and O–H groups in total. The zero-order valence-electron chi connectivity index (χ0n) is 9.74. The fourth-order valence-electron chi connectivity index (χ4n) is 2.28. The molecule has 0 amide bonds. The summed E-state index contributed by atoms with van der Waals surface area (Å²) in [6.45, 7) is 2.29. The summed E-state index contributed by atoms with van der Waals surface area (Å²) in [6, 6.07) is -0.412. The van der Waals surface area contributed by atoms with Crippen LogP contribution in [0, 0.1) is 5.92 Å². The minimum absolute atomic E-state index is 0.0182. The molecule has 1 rings (SSSR count). The number of amidine groups is 1. The Morgan fingerprint density at radius 1 is 1.59 bits per heavy atom. The molecule has 0 aromatic heterocycles. The lowest BCUT2D eigenvalue weighted by Gasteiger charge is -2.37. The molecule has 2 unspecified atom stereocenters. The average Bonchev–Trinajstić information content (AvgIpc) is 2.29. The lowest BCUT2D eigenvalue weighted by Crippen LogP contribution is -2.51. The molecule has 0 aliphatic carbocycles. The third kappa shape index (κ3) is 3.49. The monoisotopic (exact) mass is 253 g/mol. The molecule has 100 valence electrons. The fourth-order valence-corrected chi connectivity index (χ4v) is 2.28. The summed E-state index contributed by atoms with van der Waals surface area (Å²) in [4.78, 5) is 1.65. The molecular weight excluding hydrogens is 235 g/mol. The number of rotatable bonds is 3. The highest BCUT2D eigenvalue weighted by Gasteiger charge is 2.43. The predicted molar refractivity (Wildman–Crippen MR) is 57.8 cm³/mol. The van der Waals surface area contributed by atoms with Crippen LogP contribution in [0.5, 0.6) is 0 Å². The van der Waals surface area contributed by atoms with Gasteiger partial charge in [0.25, 0.3) is 0 Å². The number of likely N-dealkylation sites (tertiary alicyclic amines) is 1. The lowest BCUT2D eigenvalue weighted by molar-refractivity contribution is -0.187. The van der Waals surface area contributed by atoms with Gasteiger partial charge in [0.2, 0.25) is 0 Å². The lowest BCUT2D eigenvalue weighted by atomic mass is 9.95. The van der Waals surface area contributed by atoms with E-state index in [1.807, 2.05) is 0 Å². The molecule has 2 atom stereocenters. The minimum Gasteiger partial charge on any atom is -0.409 e. The first-order valence-electron chi connectivity index (χ1n) is 5.68. The molecule has 0 bridgehead atoms. The van der Waals surface area contributed by atoms with Crippen molar-refractivity contribution in [3.63, 3.8) is 0 Å². The molecule has 4 nitrogen and oxygen atoms in total. The van der Waals surface area contributed by atoms with Gasteiger partial charge in [-0.3, -0.25) is 4.90 Å². The van der Waals surface area contributed by atoms with Crippen molar-refractivity contribution in [1.82, 2.24) is 4.90 Å². The second kappa shape index (κ2) is 5.57. The van der Waals surface area contributed by atoms with Crippen molar-refractivity contribution >= 4 is 5.84 Å². The van der Waals surface area contributed by atoms with E-state index in [0.29, 0.717) is 19.4 Å². The highest BCUT2D eigenvalue weighted by Crippen LogP contribution is 2.33. The molecule has 7 heteroatoms. The largest absolute Gasteiger partial charge is 0.409 e. The van der Waals surface area contributed by atoms with Crippen LogP contribution in [0.3, 0.4) is 0 Å². The molecule has 0 saturated carbocycles. The summed E-state index contributed by atoms with van der Waals surface area (Å²) in [5.41, 5.74) is 5.49. The number of hydrogen-bond acceptors (Lipinski definition) is 3. The molecule has 1 fully saturated rings. The van der Waals surface area contributed by atoms with Gasteiger partial charge in [-0.2, -0.15) is 13.2 Å². The van der Waals surface area contributed by atoms with Gasteiger partial charge in [-0.05, 0) is 25.8 Å². The van der Waals surface area contributed by atoms with Crippen molar-refractivity contribution in [3.05, 3.63) is 0 Å². The number of nitrogens with zero attached hydrogens (tertiary/aromatic N) is 2. The topological polar surface area (TPSA) is 61.9 Å². The van der Waals surface area contributed by atoms with Crippen LogP contribution in [0.15, 0.2) is 5.16 Å². The van der Waals surface area contributed by atoms with Crippen LogP contribution < -0.4 is 5.73 Å². The van der Waals surface area contributed by atoms with Gasteiger partial charge < -0.3 is 10.9 Å². The van der Waals surface area contributed by atoms with Crippen LogP contribution >= 0.6 is 0 Å². The van der Waals surface area contributed by atoms with Gasteiger partial charge in [0, 0.05) is 6.54 Å². The summed E-state index contributed by atoms with van der Waals surface area (Å²) >= 11 is 0. The molecule has 0 radical (unpaired) electrons. The number of hydrogen-bond donors (Lipinski definition) is 2. The molecule has 0 spiro atoms. The van der Waals surface area contributed by atoms with Crippen LogP contribution in [0.2, 0.25) is 0 Å². The number of alkyl halides is 3. The zero-order valence-corrected chi connectivity index (χ0v) is 9.74. The van der Waals surface area contributed by atoms with Crippen molar-refractivity contribution in [3.8, 4) is 0 Å². The van der Waals surface area contributed by atoms with Gasteiger partial charge in [-0.15, -0.1) is 0 Å². The first-order chi connectivity index (χ1) is 7.90. The summed E-state index contributed by atoms with van der Waals surface area (Å²) in [5, 5.41) is 11.5. The van der Waals surface area contributed by atoms with E-state index in [-0.39, 0.29) is 18.8 Å². The van der Waals surface area contributed by atoms with Crippen LogP contribution in [0.1, 0.15) is 26.2 Å². The highest BCUT2D eigenvalue weighted by atomic mass is 19.4. The van der Waals surface area contributed by atoms with E-state index in [1.165, 1.54) is 0 Å². The summed E-state index contributed by atoms with van der Waals surface area (Å²) < 4.78 is 37.9. The molecular formula is C10H18F3N3O. The zero-order chi connectivity index (χ0) is 13.1. The molecule has 1 saturated heterocycles. The molecule has 1 aliphatic heterocycles. The Morgan fingerprint density at radius 2 is 2.24 bits per heavy atom. The van der Waals surface area contributed by atoms with Crippen molar-refractivity contribution in [2.24, 2.45) is 16.8 Å². The Labute approximate surface area is 98.3 Å². The minimum atomic E-state index is -4.16. The SMILES string of the molecule is CCC(/C(N)=N/O)N1CCCC(C(F)(F)F)C1. The highest BCUT2D eigenvalue weighted by molar-refractivity contribution is 5.85. The average molecular weight is 253 g/mol. The van der Waals surface area contributed by atoms with E-state index in [9.17, 15) is 13.2 Å². The van der Waals surface area contributed by atoms with Crippen molar-refractivity contribution in [1.29, 1.82) is 0 Å². The smallest absolute Gasteiger partial charge is 0.393 e. The van der Waals surface area contributed by atoms with E-state index >= 15 is 0 Å². The Balaban J connectivity index is 2.71. The maximum absolute atomic E-state index is 12.6. The van der Waals surface area contributed by atoms with Gasteiger partial charge in [0.1, 0.15) is 0 Å². The first-order valence-corrected chi connectivity index (χ1v) is 5.68. The molecule has 0 aromatic rings. The Hall–Kier alpha value is -0.980. The van der Waals surface area contributed by atoms with E-state index in [4.69, 9.17) is 10.9 Å². The maximum Gasteiger partial charge on any atom is 0.393 e. The molecule has 1 heterocycles. The second-order valence-corrected chi connectivity index (χ2v) is 4.32. The summed E-state index contributed by atoms with van der Waals surface area (Å²) in [6.07, 6.45) is -2.99. The van der Waals surface area contributed by atoms with Crippen molar-refractivity contribution < 1.29 is 18.4 Å². The Kier molecular flexibility index (Phi) is 4.62. The fraction of sp³-hybridized carbons (Fsp3) is 0.900. The normalized spacial score (nSPS) is 25.9. The third-order valence-electron chi connectivity index (χ3n) is 3.20. The van der Waals surface area contributed by atoms with E-state index in [0.717, 1.165) is 0 Å². The standard InChI is InChI=1S/C10H18F3N3O/c1-2-8(9(14)15-17)16-5-3-4-7(6-16)10(11,12)13/h7-8,17H,2-6H2,1H3,(H2,14,15). The van der Waals surface area contributed by atoms with Gasteiger partial charge in [-0.25, -0.2) is 0 Å². The first kappa shape index (κ1) is 14.1. The summed E-state index contributed by atoms with van der Waals surface area (Å²) in [5.74, 6) is -1.33. The number of halogens is 3. The Morgan fingerprint density at radius 3 is 2.71 bits per heavy atom. The van der Waals surface area contributed by atoms with Gasteiger partial charge in [-0.1, -0.05) is 12.1 Å².